The van der Waals surface area contributed by atoms with E-state index in [9.17, 15) is 16.8 Å². The zero-order chi connectivity index (χ0) is 15.2. The number of nitrogens with two attached hydrogens (primary N) is 1. The van der Waals surface area contributed by atoms with E-state index in [1.54, 1.807) is 0 Å². The van der Waals surface area contributed by atoms with Crippen LogP contribution in [0.1, 0.15) is 6.42 Å². The number of hydrogen-bond acceptors (Lipinski definition) is 7. The smallest absolute Gasteiger partial charge is 0.244 e. The summed E-state index contributed by atoms with van der Waals surface area (Å²) in [5.41, 5.74) is 2.50. The largest absolute Gasteiger partial charge is 0.323 e. The van der Waals surface area contributed by atoms with Gasteiger partial charge in [-0.1, -0.05) is 0 Å². The number of nitrogens with one attached hydrogen (secondary N) is 3. The van der Waals surface area contributed by atoms with Crippen molar-refractivity contribution in [1.29, 1.82) is 0 Å². The van der Waals surface area contributed by atoms with Crippen LogP contribution in [0.2, 0.25) is 0 Å². The highest BCUT2D eigenvalue weighted by Crippen LogP contribution is 2.17. The van der Waals surface area contributed by atoms with Crippen molar-refractivity contribution < 1.29 is 16.8 Å². The molecule has 9 nitrogen and oxygen atoms in total. The number of pyridine rings is 1. The van der Waals surface area contributed by atoms with E-state index in [0.29, 0.717) is 6.42 Å². The molecule has 1 aromatic rings. The van der Waals surface area contributed by atoms with Gasteiger partial charge in [-0.05, 0) is 12.5 Å². The Morgan fingerprint density at radius 1 is 1.20 bits per heavy atom. The van der Waals surface area contributed by atoms with E-state index in [2.05, 4.69) is 19.9 Å². The first-order chi connectivity index (χ1) is 9.26. The highest BCUT2D eigenvalue weighted by molar-refractivity contribution is 7.89. The number of anilines is 1. The quantitative estimate of drug-likeness (QED) is 0.261. The molecule has 0 aliphatic heterocycles. The molecule has 114 valence electrons. The number of hydrogen-bond donors (Lipinski definition) is 4. The van der Waals surface area contributed by atoms with Gasteiger partial charge in [0.1, 0.15) is 4.90 Å². The van der Waals surface area contributed by atoms with Gasteiger partial charge in [0.2, 0.25) is 20.0 Å². The van der Waals surface area contributed by atoms with Gasteiger partial charge in [0, 0.05) is 25.5 Å². The molecular formula is C9H17N5O4S2. The summed E-state index contributed by atoms with van der Waals surface area (Å²) in [5.74, 6) is 5.22. The van der Waals surface area contributed by atoms with Crippen LogP contribution in [0.3, 0.4) is 0 Å². The molecule has 0 atom stereocenters. The van der Waals surface area contributed by atoms with Crippen molar-refractivity contribution in [3.05, 3.63) is 18.5 Å². The van der Waals surface area contributed by atoms with Gasteiger partial charge in [-0.15, -0.1) is 0 Å². The first kappa shape index (κ1) is 16.8. The Morgan fingerprint density at radius 3 is 2.45 bits per heavy atom. The summed E-state index contributed by atoms with van der Waals surface area (Å²) in [4.78, 5) is 3.66. The maximum atomic E-state index is 12.0. The zero-order valence-electron chi connectivity index (χ0n) is 10.8. The van der Waals surface area contributed by atoms with Gasteiger partial charge in [0.05, 0.1) is 11.9 Å². The lowest BCUT2D eigenvalue weighted by molar-refractivity contribution is 0.575. The van der Waals surface area contributed by atoms with Gasteiger partial charge < -0.3 is 5.43 Å². The lowest BCUT2D eigenvalue weighted by Gasteiger charge is -2.10. The first-order valence-electron chi connectivity index (χ1n) is 5.61. The molecule has 20 heavy (non-hydrogen) atoms. The Labute approximate surface area is 118 Å². The molecule has 0 amide bonds. The van der Waals surface area contributed by atoms with Crippen molar-refractivity contribution in [1.82, 2.24) is 14.4 Å². The third kappa shape index (κ3) is 5.38. The topological polar surface area (TPSA) is 143 Å². The maximum absolute atomic E-state index is 12.0. The van der Waals surface area contributed by atoms with Gasteiger partial charge in [-0.3, -0.25) is 10.8 Å². The zero-order valence-corrected chi connectivity index (χ0v) is 12.5. The SMILES string of the molecule is CS(=O)(=O)NCCCNS(=O)(=O)c1cnccc1NN. The summed E-state index contributed by atoms with van der Waals surface area (Å²) in [7, 11) is -7.02. The van der Waals surface area contributed by atoms with Crippen LogP contribution in [0.25, 0.3) is 0 Å². The Hall–Kier alpha value is -1.27. The molecule has 1 rings (SSSR count). The minimum atomic E-state index is -3.75. The third-order valence-electron chi connectivity index (χ3n) is 2.24. The predicted molar refractivity (Wildman–Crippen MR) is 74.7 cm³/mol. The number of nitrogen functional groups attached to an aromatic ring is 1. The maximum Gasteiger partial charge on any atom is 0.244 e. The molecule has 5 N–H and O–H groups in total. The van der Waals surface area contributed by atoms with E-state index in [1.165, 1.54) is 18.5 Å². The van der Waals surface area contributed by atoms with Crippen LogP contribution in [0.4, 0.5) is 5.69 Å². The van der Waals surface area contributed by atoms with Crippen LogP contribution in [0.15, 0.2) is 23.4 Å². The molecule has 11 heteroatoms. The molecule has 0 saturated heterocycles. The predicted octanol–water partition coefficient (Wildman–Crippen LogP) is -1.42. The second kappa shape index (κ2) is 6.95. The molecule has 1 heterocycles. The number of hydrazine groups is 1. The van der Waals surface area contributed by atoms with Crippen molar-refractivity contribution in [2.24, 2.45) is 5.84 Å². The van der Waals surface area contributed by atoms with Crippen molar-refractivity contribution in [3.63, 3.8) is 0 Å². The van der Waals surface area contributed by atoms with Crippen molar-refractivity contribution in [3.8, 4) is 0 Å². The molecule has 0 aromatic carbocycles. The van der Waals surface area contributed by atoms with E-state index < -0.39 is 20.0 Å². The molecular weight excluding hydrogens is 306 g/mol. The Balaban J connectivity index is 2.58. The molecule has 0 fully saturated rings. The van der Waals surface area contributed by atoms with Gasteiger partial charge >= 0.3 is 0 Å². The number of nitrogens with zero attached hydrogens (tertiary/aromatic N) is 1. The molecule has 0 radical (unpaired) electrons. The van der Waals surface area contributed by atoms with E-state index >= 15 is 0 Å². The lowest BCUT2D eigenvalue weighted by atomic mass is 10.4. The van der Waals surface area contributed by atoms with Gasteiger partial charge in [0.25, 0.3) is 0 Å². The Bertz CT molecular complexity index is 644. The Kier molecular flexibility index (Phi) is 5.83. The summed E-state index contributed by atoms with van der Waals surface area (Å²) in [6, 6.07) is 1.43. The molecule has 0 spiro atoms. The summed E-state index contributed by atoms with van der Waals surface area (Å²) in [6.45, 7) is 0.236. The summed E-state index contributed by atoms with van der Waals surface area (Å²) >= 11 is 0. The highest BCUT2D eigenvalue weighted by Gasteiger charge is 2.17. The van der Waals surface area contributed by atoms with Crippen molar-refractivity contribution >= 4 is 25.7 Å². The second-order valence-electron chi connectivity index (χ2n) is 3.93. The third-order valence-corrected chi connectivity index (χ3v) is 4.46. The lowest BCUT2D eigenvalue weighted by Crippen LogP contribution is -2.30. The molecule has 0 unspecified atom stereocenters. The molecule has 0 saturated carbocycles. The van der Waals surface area contributed by atoms with Crippen LogP contribution < -0.4 is 20.7 Å². The molecule has 0 bridgehead atoms. The van der Waals surface area contributed by atoms with Crippen LogP contribution in [0, 0.1) is 0 Å². The van der Waals surface area contributed by atoms with E-state index in [0.717, 1.165) is 6.26 Å². The number of sulfonamides is 2. The standard InChI is InChI=1S/C9H17N5O4S2/c1-19(15,16)12-4-2-5-13-20(17,18)9-7-11-6-3-8(9)14-10/h3,6-7,12-13H,2,4-5,10H2,1H3,(H,11,14). The van der Waals surface area contributed by atoms with Crippen molar-refractivity contribution in [2.45, 2.75) is 11.3 Å². The van der Waals surface area contributed by atoms with Crippen molar-refractivity contribution in [2.75, 3.05) is 24.8 Å². The summed E-state index contributed by atoms with van der Waals surface area (Å²) in [5, 5.41) is 0. The summed E-state index contributed by atoms with van der Waals surface area (Å²) in [6.07, 6.45) is 3.93. The van der Waals surface area contributed by atoms with Crippen LogP contribution >= 0.6 is 0 Å². The molecule has 0 aliphatic carbocycles. The summed E-state index contributed by atoms with van der Waals surface area (Å²) < 4.78 is 50.2. The van der Waals surface area contributed by atoms with Gasteiger partial charge in [-0.25, -0.2) is 26.3 Å². The first-order valence-corrected chi connectivity index (χ1v) is 8.98. The Morgan fingerprint density at radius 2 is 1.85 bits per heavy atom. The minimum absolute atomic E-state index is 0.0708. The van der Waals surface area contributed by atoms with Crippen LogP contribution in [0.5, 0.6) is 0 Å². The van der Waals surface area contributed by atoms with E-state index in [1.807, 2.05) is 0 Å². The van der Waals surface area contributed by atoms with Gasteiger partial charge in [-0.2, -0.15) is 0 Å². The molecule has 1 aromatic heterocycles. The van der Waals surface area contributed by atoms with E-state index in [4.69, 9.17) is 5.84 Å². The van der Waals surface area contributed by atoms with Gasteiger partial charge in [0.15, 0.2) is 0 Å². The average molecular weight is 323 g/mol. The highest BCUT2D eigenvalue weighted by atomic mass is 32.2. The normalized spacial score (nSPS) is 12.3. The van der Waals surface area contributed by atoms with Crippen LogP contribution in [-0.4, -0.2) is 41.2 Å². The average Bonchev–Trinajstić information content (AvgIpc) is 2.36. The fraction of sp³-hybridized carbons (Fsp3) is 0.444. The molecule has 0 aliphatic rings. The minimum Gasteiger partial charge on any atom is -0.323 e. The van der Waals surface area contributed by atoms with Crippen LogP contribution in [-0.2, 0) is 20.0 Å². The number of aromatic nitrogens is 1. The number of rotatable bonds is 8. The fourth-order valence-electron chi connectivity index (χ4n) is 1.34. The fourth-order valence-corrected chi connectivity index (χ4v) is 3.04. The van der Waals surface area contributed by atoms with E-state index in [-0.39, 0.29) is 23.7 Å². The monoisotopic (exact) mass is 323 g/mol. The second-order valence-corrected chi connectivity index (χ2v) is 7.50.